The van der Waals surface area contributed by atoms with Crippen molar-refractivity contribution in [3.05, 3.63) is 58.9 Å². The average Bonchev–Trinajstić information content (AvgIpc) is 2.61. The fraction of sp³-hybridized carbons (Fsp3) is 0.368. The minimum absolute atomic E-state index is 0.0343. The van der Waals surface area contributed by atoms with Crippen LogP contribution in [0.3, 0.4) is 0 Å². The van der Waals surface area contributed by atoms with Gasteiger partial charge < -0.3 is 10.0 Å². The second-order valence-corrected chi connectivity index (χ2v) is 6.59. The fourth-order valence-electron chi connectivity index (χ4n) is 3.24. The van der Waals surface area contributed by atoms with Crippen LogP contribution in [0.2, 0.25) is 5.15 Å². The third-order valence-corrected chi connectivity index (χ3v) is 4.74. The summed E-state index contributed by atoms with van der Waals surface area (Å²) in [5.74, 6) is 0.244. The van der Waals surface area contributed by atoms with E-state index < -0.39 is 0 Å². The van der Waals surface area contributed by atoms with Crippen LogP contribution in [0, 0.1) is 0 Å². The first kappa shape index (κ1) is 16.8. The molecular weight excluding hydrogens is 324 g/mol. The fourth-order valence-corrected chi connectivity index (χ4v) is 3.40. The van der Waals surface area contributed by atoms with E-state index in [4.69, 9.17) is 11.6 Å². The van der Waals surface area contributed by atoms with Gasteiger partial charge in [0.25, 0.3) is 5.91 Å². The molecule has 1 atom stereocenters. The lowest BCUT2D eigenvalue weighted by atomic mass is 9.95. The number of pyridine rings is 1. The van der Waals surface area contributed by atoms with E-state index in [1.54, 1.807) is 30.3 Å². The summed E-state index contributed by atoms with van der Waals surface area (Å²) in [5.41, 5.74) is 1.59. The number of carbonyl (C=O) groups is 1. The maximum atomic E-state index is 12.8. The SMILES string of the molecule is O=C(c1cccc(Cl)n1)N1CCCC[C@@H]1CCc1ccc(O)cc1. The number of benzene rings is 1. The minimum atomic E-state index is -0.0343. The lowest BCUT2D eigenvalue weighted by Crippen LogP contribution is -2.44. The molecule has 126 valence electrons. The maximum Gasteiger partial charge on any atom is 0.272 e. The van der Waals surface area contributed by atoms with E-state index >= 15 is 0 Å². The number of aromatic nitrogens is 1. The molecule has 1 aliphatic heterocycles. The molecule has 0 saturated carbocycles. The first-order valence-corrected chi connectivity index (χ1v) is 8.73. The normalized spacial score (nSPS) is 17.7. The highest BCUT2D eigenvalue weighted by Crippen LogP contribution is 2.24. The van der Waals surface area contributed by atoms with Gasteiger partial charge in [0.05, 0.1) is 0 Å². The summed E-state index contributed by atoms with van der Waals surface area (Å²) < 4.78 is 0. The number of hydrogen-bond acceptors (Lipinski definition) is 3. The Hall–Kier alpha value is -2.07. The van der Waals surface area contributed by atoms with Gasteiger partial charge in [-0.05, 0) is 61.9 Å². The zero-order valence-corrected chi connectivity index (χ0v) is 14.2. The van der Waals surface area contributed by atoms with Crippen LogP contribution in [0.5, 0.6) is 5.75 Å². The molecule has 4 nitrogen and oxygen atoms in total. The number of rotatable bonds is 4. The van der Waals surface area contributed by atoms with E-state index in [2.05, 4.69) is 4.98 Å². The van der Waals surface area contributed by atoms with Gasteiger partial charge in [0.15, 0.2) is 0 Å². The van der Waals surface area contributed by atoms with Crippen LogP contribution in [-0.2, 0) is 6.42 Å². The van der Waals surface area contributed by atoms with Gasteiger partial charge in [-0.3, -0.25) is 4.79 Å². The number of amides is 1. The van der Waals surface area contributed by atoms with E-state index in [9.17, 15) is 9.90 Å². The second-order valence-electron chi connectivity index (χ2n) is 6.20. The molecule has 0 radical (unpaired) electrons. The lowest BCUT2D eigenvalue weighted by Gasteiger charge is -2.35. The predicted octanol–water partition coefficient (Wildman–Crippen LogP) is 4.07. The van der Waals surface area contributed by atoms with Crippen molar-refractivity contribution in [2.45, 2.75) is 38.1 Å². The standard InChI is InChI=1S/C19H21ClN2O2/c20-18-6-3-5-17(21-18)19(24)22-13-2-1-4-15(22)10-7-14-8-11-16(23)12-9-14/h3,5-6,8-9,11-12,15,23H,1-2,4,7,10,13H2/t15-/m1/s1. The van der Waals surface area contributed by atoms with E-state index in [1.165, 1.54) is 5.56 Å². The van der Waals surface area contributed by atoms with Gasteiger partial charge in [-0.2, -0.15) is 0 Å². The Labute approximate surface area is 147 Å². The Morgan fingerprint density at radius 1 is 1.21 bits per heavy atom. The number of aromatic hydroxyl groups is 1. The topological polar surface area (TPSA) is 53.4 Å². The molecule has 24 heavy (non-hydrogen) atoms. The molecule has 5 heteroatoms. The molecular formula is C19H21ClN2O2. The zero-order valence-electron chi connectivity index (χ0n) is 13.5. The number of halogens is 1. The molecule has 1 saturated heterocycles. The van der Waals surface area contributed by atoms with Crippen molar-refractivity contribution in [2.24, 2.45) is 0 Å². The summed E-state index contributed by atoms with van der Waals surface area (Å²) in [7, 11) is 0. The van der Waals surface area contributed by atoms with Gasteiger partial charge in [-0.25, -0.2) is 4.98 Å². The van der Waals surface area contributed by atoms with Crippen LogP contribution >= 0.6 is 11.6 Å². The first-order chi connectivity index (χ1) is 11.6. The van der Waals surface area contributed by atoms with E-state index in [1.807, 2.05) is 17.0 Å². The molecule has 1 aromatic heterocycles. The van der Waals surface area contributed by atoms with Crippen LogP contribution in [0.4, 0.5) is 0 Å². The third kappa shape index (κ3) is 4.06. The van der Waals surface area contributed by atoms with Crippen molar-refractivity contribution in [1.29, 1.82) is 0 Å². The average molecular weight is 345 g/mol. The van der Waals surface area contributed by atoms with Gasteiger partial charge >= 0.3 is 0 Å². The molecule has 1 aromatic carbocycles. The molecule has 1 N–H and O–H groups in total. The highest BCUT2D eigenvalue weighted by Gasteiger charge is 2.28. The number of hydrogen-bond donors (Lipinski definition) is 1. The number of carbonyl (C=O) groups excluding carboxylic acids is 1. The summed E-state index contributed by atoms with van der Waals surface area (Å²) in [6, 6.07) is 12.7. The Morgan fingerprint density at radius 3 is 2.75 bits per heavy atom. The van der Waals surface area contributed by atoms with Crippen LogP contribution in [-0.4, -0.2) is 33.5 Å². The minimum Gasteiger partial charge on any atom is -0.508 e. The smallest absolute Gasteiger partial charge is 0.272 e. The van der Waals surface area contributed by atoms with Gasteiger partial charge in [0, 0.05) is 12.6 Å². The Bertz CT molecular complexity index is 703. The monoisotopic (exact) mass is 344 g/mol. The number of aryl methyl sites for hydroxylation is 1. The molecule has 0 unspecified atom stereocenters. The van der Waals surface area contributed by atoms with Crippen molar-refractivity contribution in [2.75, 3.05) is 6.54 Å². The number of phenolic OH excluding ortho intramolecular Hbond substituents is 1. The molecule has 2 aromatic rings. The van der Waals surface area contributed by atoms with Crippen molar-refractivity contribution < 1.29 is 9.90 Å². The molecule has 3 rings (SSSR count). The number of likely N-dealkylation sites (tertiary alicyclic amines) is 1. The molecule has 2 heterocycles. The number of nitrogens with zero attached hydrogens (tertiary/aromatic N) is 2. The van der Waals surface area contributed by atoms with E-state index in [-0.39, 0.29) is 17.7 Å². The molecule has 1 amide bonds. The zero-order chi connectivity index (χ0) is 16.9. The Morgan fingerprint density at radius 2 is 2.00 bits per heavy atom. The Kier molecular flexibility index (Phi) is 5.36. The molecule has 1 aliphatic rings. The predicted molar refractivity (Wildman–Crippen MR) is 94.4 cm³/mol. The van der Waals surface area contributed by atoms with Gasteiger partial charge in [0.1, 0.15) is 16.6 Å². The largest absolute Gasteiger partial charge is 0.508 e. The quantitative estimate of drug-likeness (QED) is 0.851. The van der Waals surface area contributed by atoms with Crippen molar-refractivity contribution in [3.8, 4) is 5.75 Å². The third-order valence-electron chi connectivity index (χ3n) is 4.52. The van der Waals surface area contributed by atoms with Gasteiger partial charge in [-0.15, -0.1) is 0 Å². The molecule has 0 aliphatic carbocycles. The molecule has 1 fully saturated rings. The first-order valence-electron chi connectivity index (χ1n) is 8.35. The summed E-state index contributed by atoms with van der Waals surface area (Å²) in [5, 5.41) is 9.71. The lowest BCUT2D eigenvalue weighted by molar-refractivity contribution is 0.0596. The molecule has 0 bridgehead atoms. The van der Waals surface area contributed by atoms with E-state index in [0.717, 1.165) is 38.6 Å². The summed E-state index contributed by atoms with van der Waals surface area (Å²) in [4.78, 5) is 18.9. The summed E-state index contributed by atoms with van der Waals surface area (Å²) >= 11 is 5.92. The summed E-state index contributed by atoms with van der Waals surface area (Å²) in [6.07, 6.45) is 4.99. The van der Waals surface area contributed by atoms with Crippen LogP contribution in [0.15, 0.2) is 42.5 Å². The highest BCUT2D eigenvalue weighted by molar-refractivity contribution is 6.29. The molecule has 0 spiro atoms. The summed E-state index contributed by atoms with van der Waals surface area (Å²) in [6.45, 7) is 0.771. The van der Waals surface area contributed by atoms with Gasteiger partial charge in [-0.1, -0.05) is 29.8 Å². The number of piperidine rings is 1. The van der Waals surface area contributed by atoms with Crippen molar-refractivity contribution in [3.63, 3.8) is 0 Å². The van der Waals surface area contributed by atoms with Crippen LogP contribution in [0.25, 0.3) is 0 Å². The van der Waals surface area contributed by atoms with Gasteiger partial charge in [0.2, 0.25) is 0 Å². The number of phenols is 1. The van der Waals surface area contributed by atoms with Crippen LogP contribution < -0.4 is 0 Å². The maximum absolute atomic E-state index is 12.8. The van der Waals surface area contributed by atoms with E-state index in [0.29, 0.717) is 10.8 Å². The highest BCUT2D eigenvalue weighted by atomic mass is 35.5. The van der Waals surface area contributed by atoms with Crippen molar-refractivity contribution in [1.82, 2.24) is 9.88 Å². The Balaban J connectivity index is 1.68. The van der Waals surface area contributed by atoms with Crippen molar-refractivity contribution >= 4 is 17.5 Å². The van der Waals surface area contributed by atoms with Crippen LogP contribution in [0.1, 0.15) is 41.7 Å². The second kappa shape index (κ2) is 7.67.